The molecule has 2 aromatic rings. The van der Waals surface area contributed by atoms with Crippen LogP contribution in [0, 0.1) is 15.9 Å². The number of rotatable bonds is 5. The van der Waals surface area contributed by atoms with E-state index >= 15 is 0 Å². The van der Waals surface area contributed by atoms with Crippen LogP contribution >= 0.6 is 0 Å². The van der Waals surface area contributed by atoms with Crippen molar-refractivity contribution in [3.8, 4) is 11.5 Å². The normalized spacial score (nSPS) is 10.2. The minimum atomic E-state index is -1.49. The van der Waals surface area contributed by atoms with E-state index in [4.69, 9.17) is 9.84 Å². The Hall–Kier alpha value is -3.16. The highest BCUT2D eigenvalue weighted by atomic mass is 19.1. The minimum absolute atomic E-state index is 0.104. The van der Waals surface area contributed by atoms with E-state index in [0.29, 0.717) is 5.56 Å². The van der Waals surface area contributed by atoms with Gasteiger partial charge < -0.3 is 14.9 Å². The van der Waals surface area contributed by atoms with Crippen LogP contribution in [-0.4, -0.2) is 21.1 Å². The standard InChI is InChI=1S/C14H10FNO6/c15-9-3-1-8(2-4-9)7-22-13-6-12(17)10(14(18)19)5-11(13)16(20)21/h1-6,17H,7H2,(H,18,19). The average Bonchev–Trinajstić information content (AvgIpc) is 2.46. The number of nitro groups is 1. The molecule has 0 saturated heterocycles. The molecule has 0 fully saturated rings. The summed E-state index contributed by atoms with van der Waals surface area (Å²) < 4.78 is 18.0. The first-order chi connectivity index (χ1) is 10.4. The Kier molecular flexibility index (Phi) is 4.21. The summed E-state index contributed by atoms with van der Waals surface area (Å²) in [5, 5.41) is 29.4. The van der Waals surface area contributed by atoms with Crippen molar-refractivity contribution in [1.29, 1.82) is 0 Å². The van der Waals surface area contributed by atoms with Crippen molar-refractivity contribution in [2.24, 2.45) is 0 Å². The quantitative estimate of drug-likeness (QED) is 0.649. The van der Waals surface area contributed by atoms with E-state index in [-0.39, 0.29) is 12.4 Å². The lowest BCUT2D eigenvalue weighted by Gasteiger charge is -2.09. The molecule has 0 atom stereocenters. The van der Waals surface area contributed by atoms with E-state index < -0.39 is 33.7 Å². The van der Waals surface area contributed by atoms with Gasteiger partial charge in [-0.25, -0.2) is 9.18 Å². The first kappa shape index (κ1) is 15.2. The predicted molar refractivity (Wildman–Crippen MR) is 72.5 cm³/mol. The Bertz CT molecular complexity index is 729. The number of benzene rings is 2. The molecule has 0 spiro atoms. The van der Waals surface area contributed by atoms with E-state index in [1.165, 1.54) is 24.3 Å². The first-order valence-electron chi connectivity index (χ1n) is 6.00. The van der Waals surface area contributed by atoms with Crippen LogP contribution < -0.4 is 4.74 Å². The molecule has 0 unspecified atom stereocenters. The van der Waals surface area contributed by atoms with Crippen LogP contribution in [-0.2, 0) is 6.61 Å². The Morgan fingerprint density at radius 2 is 1.91 bits per heavy atom. The van der Waals surface area contributed by atoms with E-state index in [0.717, 1.165) is 12.1 Å². The second-order valence-electron chi connectivity index (χ2n) is 4.31. The molecular weight excluding hydrogens is 297 g/mol. The maximum atomic E-state index is 12.8. The van der Waals surface area contributed by atoms with E-state index in [9.17, 15) is 24.4 Å². The highest BCUT2D eigenvalue weighted by Crippen LogP contribution is 2.34. The molecule has 2 aromatic carbocycles. The van der Waals surface area contributed by atoms with Crippen LogP contribution in [0.5, 0.6) is 11.5 Å². The fourth-order valence-electron chi connectivity index (χ4n) is 1.73. The van der Waals surface area contributed by atoms with Gasteiger partial charge >= 0.3 is 11.7 Å². The zero-order chi connectivity index (χ0) is 16.3. The zero-order valence-corrected chi connectivity index (χ0v) is 11.0. The smallest absolute Gasteiger partial charge is 0.339 e. The number of nitro benzene ring substituents is 1. The van der Waals surface area contributed by atoms with Gasteiger partial charge in [-0.3, -0.25) is 10.1 Å². The van der Waals surface area contributed by atoms with Gasteiger partial charge in [0, 0.05) is 12.1 Å². The number of ether oxygens (including phenoxy) is 1. The summed E-state index contributed by atoms with van der Waals surface area (Å²) in [7, 11) is 0. The molecular formula is C14H10FNO6. The highest BCUT2D eigenvalue weighted by molar-refractivity contribution is 5.92. The predicted octanol–water partition coefficient (Wildman–Crippen LogP) is 2.72. The summed E-state index contributed by atoms with van der Waals surface area (Å²) >= 11 is 0. The molecule has 0 aliphatic rings. The van der Waals surface area contributed by atoms with Gasteiger partial charge in [0.1, 0.15) is 23.7 Å². The van der Waals surface area contributed by atoms with Crippen LogP contribution in [0.4, 0.5) is 10.1 Å². The fraction of sp³-hybridized carbons (Fsp3) is 0.0714. The van der Waals surface area contributed by atoms with Crippen molar-refractivity contribution < 1.29 is 29.1 Å². The summed E-state index contributed by atoms with van der Waals surface area (Å²) in [5.74, 6) is -2.85. The van der Waals surface area contributed by atoms with Crippen molar-refractivity contribution in [2.75, 3.05) is 0 Å². The molecule has 0 heterocycles. The van der Waals surface area contributed by atoms with Gasteiger partial charge in [-0.05, 0) is 17.7 Å². The fourth-order valence-corrected chi connectivity index (χ4v) is 1.73. The number of carbonyl (C=O) groups is 1. The van der Waals surface area contributed by atoms with Crippen LogP contribution in [0.3, 0.4) is 0 Å². The Labute approximate surface area is 123 Å². The van der Waals surface area contributed by atoms with Gasteiger partial charge in [0.2, 0.25) is 5.75 Å². The SMILES string of the molecule is O=C(O)c1cc([N+](=O)[O-])c(OCc2ccc(F)cc2)cc1O. The monoisotopic (exact) mass is 307 g/mol. The topological polar surface area (TPSA) is 110 Å². The van der Waals surface area contributed by atoms with E-state index in [2.05, 4.69) is 0 Å². The second-order valence-corrected chi connectivity index (χ2v) is 4.31. The van der Waals surface area contributed by atoms with Gasteiger partial charge in [-0.15, -0.1) is 0 Å². The molecule has 22 heavy (non-hydrogen) atoms. The molecule has 2 N–H and O–H groups in total. The maximum Gasteiger partial charge on any atom is 0.339 e. The summed E-state index contributed by atoms with van der Waals surface area (Å²) in [6.45, 7) is -0.104. The number of halogens is 1. The van der Waals surface area contributed by atoms with Gasteiger partial charge in [0.15, 0.2) is 0 Å². The number of carboxylic acid groups (broad SMARTS) is 1. The first-order valence-corrected chi connectivity index (χ1v) is 6.00. The minimum Gasteiger partial charge on any atom is -0.507 e. The third-order valence-corrected chi connectivity index (χ3v) is 2.81. The summed E-state index contributed by atoms with van der Waals surface area (Å²) in [6.07, 6.45) is 0. The van der Waals surface area contributed by atoms with Gasteiger partial charge in [0.25, 0.3) is 0 Å². The number of aromatic carboxylic acids is 1. The highest BCUT2D eigenvalue weighted by Gasteiger charge is 2.22. The molecule has 8 heteroatoms. The largest absolute Gasteiger partial charge is 0.507 e. The van der Waals surface area contributed by atoms with Crippen LogP contribution in [0.2, 0.25) is 0 Å². The molecule has 0 aliphatic heterocycles. The third kappa shape index (κ3) is 3.29. The van der Waals surface area contributed by atoms with Gasteiger partial charge in [-0.1, -0.05) is 12.1 Å². The summed E-state index contributed by atoms with van der Waals surface area (Å²) in [6, 6.07) is 6.87. The average molecular weight is 307 g/mol. The number of nitrogens with zero attached hydrogens (tertiary/aromatic N) is 1. The summed E-state index contributed by atoms with van der Waals surface area (Å²) in [5.41, 5.74) is -0.629. The zero-order valence-electron chi connectivity index (χ0n) is 11.0. The molecule has 0 amide bonds. The molecule has 0 aromatic heterocycles. The Morgan fingerprint density at radius 3 is 2.45 bits per heavy atom. The van der Waals surface area contributed by atoms with Crippen LogP contribution in [0.15, 0.2) is 36.4 Å². The number of hydrogen-bond donors (Lipinski definition) is 2. The molecule has 0 radical (unpaired) electrons. The second kappa shape index (κ2) is 6.08. The van der Waals surface area contributed by atoms with Crippen molar-refractivity contribution in [1.82, 2.24) is 0 Å². The molecule has 7 nitrogen and oxygen atoms in total. The number of carboxylic acids is 1. The Balaban J connectivity index is 2.29. The molecule has 0 bridgehead atoms. The van der Waals surface area contributed by atoms with Crippen LogP contribution in [0.25, 0.3) is 0 Å². The number of aromatic hydroxyl groups is 1. The van der Waals surface area contributed by atoms with E-state index in [1.54, 1.807) is 0 Å². The Morgan fingerprint density at radius 1 is 1.27 bits per heavy atom. The van der Waals surface area contributed by atoms with Crippen molar-refractivity contribution >= 4 is 11.7 Å². The lowest BCUT2D eigenvalue weighted by molar-refractivity contribution is -0.386. The van der Waals surface area contributed by atoms with Crippen molar-refractivity contribution in [2.45, 2.75) is 6.61 Å². The molecule has 2 rings (SSSR count). The number of phenols is 1. The molecule has 0 saturated carbocycles. The van der Waals surface area contributed by atoms with Gasteiger partial charge in [-0.2, -0.15) is 0 Å². The lowest BCUT2D eigenvalue weighted by atomic mass is 10.1. The third-order valence-electron chi connectivity index (χ3n) is 2.81. The maximum absolute atomic E-state index is 12.8. The summed E-state index contributed by atoms with van der Waals surface area (Å²) in [4.78, 5) is 21.0. The lowest BCUT2D eigenvalue weighted by Crippen LogP contribution is -2.03. The van der Waals surface area contributed by atoms with Crippen molar-refractivity contribution in [3.63, 3.8) is 0 Å². The van der Waals surface area contributed by atoms with E-state index in [1.807, 2.05) is 0 Å². The van der Waals surface area contributed by atoms with Crippen LogP contribution in [0.1, 0.15) is 15.9 Å². The number of hydrogen-bond acceptors (Lipinski definition) is 5. The molecule has 114 valence electrons. The van der Waals surface area contributed by atoms with Gasteiger partial charge in [0.05, 0.1) is 4.92 Å². The van der Waals surface area contributed by atoms with Crippen molar-refractivity contribution in [3.05, 3.63) is 63.5 Å². The molecule has 0 aliphatic carbocycles.